The molecule has 0 amide bonds. The molecule has 0 bridgehead atoms. The van der Waals surface area contributed by atoms with Crippen LogP contribution in [0.5, 0.6) is 0 Å². The number of nitrogens with zero attached hydrogens (tertiary/aromatic N) is 5. The smallest absolute Gasteiger partial charge is 0.204 e. The van der Waals surface area contributed by atoms with Gasteiger partial charge in [0, 0.05) is 41.3 Å². The van der Waals surface area contributed by atoms with Crippen LogP contribution in [-0.2, 0) is 18.3 Å². The van der Waals surface area contributed by atoms with Crippen LogP contribution in [0.4, 0.5) is 5.95 Å². The molecule has 7 nitrogen and oxygen atoms in total. The summed E-state index contributed by atoms with van der Waals surface area (Å²) in [4.78, 5) is 13.2. The Bertz CT molecular complexity index is 579. The van der Waals surface area contributed by atoms with E-state index in [0.29, 0.717) is 12.6 Å². The first-order chi connectivity index (χ1) is 11.7. The SMILES string of the molecule is CN=C(NCc1cnc(N(C)C)n1C)N1CCC(OC(C)(C)C)CC1. The highest BCUT2D eigenvalue weighted by atomic mass is 16.5. The number of imidazole rings is 1. The summed E-state index contributed by atoms with van der Waals surface area (Å²) in [6, 6.07) is 0. The maximum Gasteiger partial charge on any atom is 0.204 e. The standard InChI is InChI=1S/C18H34N6O/c1-18(2,3)25-15-8-10-24(11-9-15)16(19-4)20-12-14-13-21-17(22(5)6)23(14)7/h13,15H,8-12H2,1-7H3,(H,19,20). The van der Waals surface area contributed by atoms with Gasteiger partial charge in [0.25, 0.3) is 0 Å². The van der Waals surface area contributed by atoms with E-state index >= 15 is 0 Å². The normalized spacial score (nSPS) is 17.1. The predicted molar refractivity (Wildman–Crippen MR) is 103 cm³/mol. The Balaban J connectivity index is 1.88. The van der Waals surface area contributed by atoms with Crippen molar-refractivity contribution in [2.75, 3.05) is 39.1 Å². The van der Waals surface area contributed by atoms with E-state index in [2.05, 4.69) is 45.5 Å². The molecule has 1 saturated heterocycles. The van der Waals surface area contributed by atoms with Crippen molar-refractivity contribution in [1.29, 1.82) is 0 Å². The molecule has 1 aliphatic rings. The summed E-state index contributed by atoms with van der Waals surface area (Å²) >= 11 is 0. The van der Waals surface area contributed by atoms with Crippen LogP contribution in [0.3, 0.4) is 0 Å². The number of guanidine groups is 1. The van der Waals surface area contributed by atoms with E-state index in [1.54, 1.807) is 0 Å². The van der Waals surface area contributed by atoms with Crippen molar-refractivity contribution in [2.45, 2.75) is 51.9 Å². The Morgan fingerprint density at radius 3 is 2.48 bits per heavy atom. The number of ether oxygens (including phenoxy) is 1. The average Bonchev–Trinajstić information content (AvgIpc) is 2.89. The average molecular weight is 351 g/mol. The van der Waals surface area contributed by atoms with Crippen molar-refractivity contribution in [3.63, 3.8) is 0 Å². The third-order valence-electron chi connectivity index (χ3n) is 4.36. The Kier molecular flexibility index (Phi) is 6.32. The van der Waals surface area contributed by atoms with Gasteiger partial charge in [0.05, 0.1) is 30.1 Å². The number of aromatic nitrogens is 2. The first-order valence-electron chi connectivity index (χ1n) is 9.02. The first-order valence-corrected chi connectivity index (χ1v) is 9.02. The summed E-state index contributed by atoms with van der Waals surface area (Å²) in [5.41, 5.74) is 1.06. The van der Waals surface area contributed by atoms with Crippen LogP contribution in [0.25, 0.3) is 0 Å². The minimum Gasteiger partial charge on any atom is -0.372 e. The second-order valence-corrected chi connectivity index (χ2v) is 7.82. The van der Waals surface area contributed by atoms with Crippen LogP contribution in [-0.4, -0.2) is 66.3 Å². The molecule has 7 heteroatoms. The van der Waals surface area contributed by atoms with E-state index in [4.69, 9.17) is 4.74 Å². The van der Waals surface area contributed by atoms with Crippen LogP contribution in [0.1, 0.15) is 39.3 Å². The molecule has 1 fully saturated rings. The largest absolute Gasteiger partial charge is 0.372 e. The van der Waals surface area contributed by atoms with Crippen LogP contribution in [0, 0.1) is 0 Å². The molecule has 142 valence electrons. The van der Waals surface area contributed by atoms with Crippen molar-refractivity contribution in [2.24, 2.45) is 12.0 Å². The Labute approximate surface area is 152 Å². The Hall–Kier alpha value is -1.76. The zero-order chi connectivity index (χ0) is 18.6. The Morgan fingerprint density at radius 2 is 2.00 bits per heavy atom. The van der Waals surface area contributed by atoms with Gasteiger partial charge in [0.2, 0.25) is 5.95 Å². The molecule has 1 aromatic rings. The second kappa shape index (κ2) is 8.08. The molecular formula is C18H34N6O. The zero-order valence-corrected chi connectivity index (χ0v) is 16.8. The number of hydrogen-bond acceptors (Lipinski definition) is 4. The highest BCUT2D eigenvalue weighted by Gasteiger charge is 2.25. The lowest BCUT2D eigenvalue weighted by atomic mass is 10.1. The van der Waals surface area contributed by atoms with Gasteiger partial charge in [0.1, 0.15) is 0 Å². The van der Waals surface area contributed by atoms with Gasteiger partial charge in [-0.3, -0.25) is 4.99 Å². The monoisotopic (exact) mass is 350 g/mol. The van der Waals surface area contributed by atoms with E-state index in [1.807, 2.05) is 39.3 Å². The molecule has 0 aliphatic carbocycles. The van der Waals surface area contributed by atoms with Gasteiger partial charge < -0.3 is 24.4 Å². The fourth-order valence-electron chi connectivity index (χ4n) is 3.20. The molecule has 1 aliphatic heterocycles. The molecule has 0 saturated carbocycles. The lowest BCUT2D eigenvalue weighted by molar-refractivity contribution is -0.0772. The molecule has 2 rings (SSSR count). The topological polar surface area (TPSA) is 57.9 Å². The molecule has 1 aromatic heterocycles. The van der Waals surface area contributed by atoms with Crippen molar-refractivity contribution < 1.29 is 4.74 Å². The van der Waals surface area contributed by atoms with Gasteiger partial charge in [-0.15, -0.1) is 0 Å². The van der Waals surface area contributed by atoms with E-state index in [-0.39, 0.29) is 5.60 Å². The second-order valence-electron chi connectivity index (χ2n) is 7.82. The summed E-state index contributed by atoms with van der Waals surface area (Å²) in [7, 11) is 7.89. The fraction of sp³-hybridized carbons (Fsp3) is 0.778. The molecule has 0 unspecified atom stereocenters. The maximum atomic E-state index is 6.11. The van der Waals surface area contributed by atoms with Crippen LogP contribution in [0.15, 0.2) is 11.2 Å². The number of piperidine rings is 1. The van der Waals surface area contributed by atoms with E-state index < -0.39 is 0 Å². The highest BCUT2D eigenvalue weighted by molar-refractivity contribution is 5.79. The first kappa shape index (κ1) is 19.6. The summed E-state index contributed by atoms with van der Waals surface area (Å²) in [5, 5.41) is 3.47. The van der Waals surface area contributed by atoms with Crippen LogP contribution in [0.2, 0.25) is 0 Å². The zero-order valence-electron chi connectivity index (χ0n) is 16.8. The molecule has 0 atom stereocenters. The molecule has 0 spiro atoms. The van der Waals surface area contributed by atoms with Gasteiger partial charge in [-0.1, -0.05) is 0 Å². The summed E-state index contributed by atoms with van der Waals surface area (Å²) in [6.07, 6.45) is 4.33. The molecule has 1 N–H and O–H groups in total. The molecule has 2 heterocycles. The third kappa shape index (κ3) is 5.36. The minimum atomic E-state index is -0.0730. The van der Waals surface area contributed by atoms with Gasteiger partial charge in [-0.25, -0.2) is 4.98 Å². The van der Waals surface area contributed by atoms with Crippen molar-refractivity contribution in [1.82, 2.24) is 19.8 Å². The molecule has 25 heavy (non-hydrogen) atoms. The van der Waals surface area contributed by atoms with Gasteiger partial charge >= 0.3 is 0 Å². The number of aliphatic imine (C=N–C) groups is 1. The summed E-state index contributed by atoms with van der Waals surface area (Å²) in [6.45, 7) is 9.01. The predicted octanol–water partition coefficient (Wildman–Crippen LogP) is 1.84. The number of nitrogens with one attached hydrogen (secondary N) is 1. The number of likely N-dealkylation sites (tertiary alicyclic amines) is 1. The lowest BCUT2D eigenvalue weighted by Gasteiger charge is -2.36. The van der Waals surface area contributed by atoms with Crippen LogP contribution < -0.4 is 10.2 Å². The van der Waals surface area contributed by atoms with Gasteiger partial charge in [-0.05, 0) is 33.6 Å². The Morgan fingerprint density at radius 1 is 1.36 bits per heavy atom. The van der Waals surface area contributed by atoms with E-state index in [0.717, 1.165) is 43.5 Å². The van der Waals surface area contributed by atoms with E-state index in [9.17, 15) is 0 Å². The van der Waals surface area contributed by atoms with Crippen molar-refractivity contribution in [3.05, 3.63) is 11.9 Å². The minimum absolute atomic E-state index is 0.0730. The fourth-order valence-corrected chi connectivity index (χ4v) is 3.20. The van der Waals surface area contributed by atoms with Gasteiger partial charge in [0.15, 0.2) is 5.96 Å². The number of rotatable bonds is 4. The van der Waals surface area contributed by atoms with Crippen molar-refractivity contribution in [3.8, 4) is 0 Å². The van der Waals surface area contributed by atoms with Gasteiger partial charge in [-0.2, -0.15) is 0 Å². The molecule has 0 aromatic carbocycles. The quantitative estimate of drug-likeness (QED) is 0.663. The highest BCUT2D eigenvalue weighted by Crippen LogP contribution is 2.20. The molecule has 0 radical (unpaired) electrons. The number of hydrogen-bond donors (Lipinski definition) is 1. The lowest BCUT2D eigenvalue weighted by Crippen LogP contribution is -2.47. The summed E-state index contributed by atoms with van der Waals surface area (Å²) < 4.78 is 8.21. The van der Waals surface area contributed by atoms with Crippen LogP contribution >= 0.6 is 0 Å². The van der Waals surface area contributed by atoms with Crippen molar-refractivity contribution >= 4 is 11.9 Å². The number of anilines is 1. The third-order valence-corrected chi connectivity index (χ3v) is 4.36. The molecular weight excluding hydrogens is 316 g/mol. The van der Waals surface area contributed by atoms with E-state index in [1.165, 1.54) is 0 Å². The summed E-state index contributed by atoms with van der Waals surface area (Å²) in [5.74, 6) is 1.90. The maximum absolute atomic E-state index is 6.11.